The number of nitrogens with zero attached hydrogens (tertiary/aromatic N) is 7. The minimum atomic E-state index is 0.502. The number of hydrogen-bond donors (Lipinski definition) is 0. The van der Waals surface area contributed by atoms with E-state index in [4.69, 9.17) is 5.26 Å². The summed E-state index contributed by atoms with van der Waals surface area (Å²) in [6, 6.07) is 8.15. The normalized spacial score (nSPS) is 15.4. The van der Waals surface area contributed by atoms with Crippen LogP contribution < -0.4 is 0 Å². The van der Waals surface area contributed by atoms with Gasteiger partial charge in [0, 0.05) is 32.4 Å². The summed E-state index contributed by atoms with van der Waals surface area (Å²) in [7, 11) is 0. The van der Waals surface area contributed by atoms with Crippen molar-refractivity contribution in [1.29, 1.82) is 5.26 Å². The van der Waals surface area contributed by atoms with Crippen LogP contribution >= 0.6 is 0 Å². The molecule has 0 saturated carbocycles. The average molecular weight is 293 g/mol. The Kier molecular flexibility index (Phi) is 3.09. The Labute approximate surface area is 127 Å². The van der Waals surface area contributed by atoms with Gasteiger partial charge >= 0.3 is 0 Å². The molecule has 7 nitrogen and oxygen atoms in total. The zero-order valence-electron chi connectivity index (χ0n) is 12.1. The molecule has 0 unspecified atom stereocenters. The van der Waals surface area contributed by atoms with Crippen LogP contribution in [0.1, 0.15) is 23.4 Å². The Morgan fingerprint density at radius 3 is 3.14 bits per heavy atom. The van der Waals surface area contributed by atoms with E-state index in [1.54, 1.807) is 10.8 Å². The molecule has 4 heterocycles. The van der Waals surface area contributed by atoms with Crippen molar-refractivity contribution in [2.75, 3.05) is 6.54 Å². The summed E-state index contributed by atoms with van der Waals surface area (Å²) in [4.78, 5) is 6.60. The first kappa shape index (κ1) is 13.0. The van der Waals surface area contributed by atoms with Crippen LogP contribution in [0.25, 0.3) is 5.65 Å². The maximum atomic E-state index is 8.98. The summed E-state index contributed by atoms with van der Waals surface area (Å²) in [5, 5.41) is 17.4. The third-order valence-electron chi connectivity index (χ3n) is 3.96. The van der Waals surface area contributed by atoms with Gasteiger partial charge in [-0.15, -0.1) is 0 Å². The van der Waals surface area contributed by atoms with Gasteiger partial charge in [0.15, 0.2) is 11.3 Å². The number of aromatic nitrogens is 5. The molecule has 1 aliphatic rings. The number of rotatable bonds is 2. The second kappa shape index (κ2) is 5.24. The lowest BCUT2D eigenvalue weighted by Crippen LogP contribution is -2.22. The first-order valence-corrected chi connectivity index (χ1v) is 7.29. The standard InChI is InChI=1S/C15H15N7/c16-8-13-7-14-10-20(3-1-4-21(14)19-13)9-12-2-5-22-15(6-12)17-11-18-22/h2,5-7,11H,1,3-4,9-10H2. The van der Waals surface area contributed by atoms with Crippen molar-refractivity contribution in [3.63, 3.8) is 0 Å². The third-order valence-corrected chi connectivity index (χ3v) is 3.96. The Morgan fingerprint density at radius 1 is 1.27 bits per heavy atom. The molecule has 0 radical (unpaired) electrons. The van der Waals surface area contributed by atoms with E-state index in [9.17, 15) is 0 Å². The van der Waals surface area contributed by atoms with E-state index >= 15 is 0 Å². The average Bonchev–Trinajstić information content (AvgIpc) is 3.10. The predicted molar refractivity (Wildman–Crippen MR) is 78.7 cm³/mol. The molecule has 0 spiro atoms. The molecule has 22 heavy (non-hydrogen) atoms. The van der Waals surface area contributed by atoms with Crippen LogP contribution in [0.3, 0.4) is 0 Å². The van der Waals surface area contributed by atoms with Crippen molar-refractivity contribution < 1.29 is 0 Å². The monoisotopic (exact) mass is 293 g/mol. The maximum Gasteiger partial charge on any atom is 0.162 e. The zero-order chi connectivity index (χ0) is 14.9. The topological polar surface area (TPSA) is 75.0 Å². The lowest BCUT2D eigenvalue weighted by molar-refractivity contribution is 0.261. The van der Waals surface area contributed by atoms with Crippen molar-refractivity contribution >= 4 is 5.65 Å². The largest absolute Gasteiger partial charge is 0.293 e. The second-order valence-corrected chi connectivity index (χ2v) is 5.52. The van der Waals surface area contributed by atoms with Crippen molar-refractivity contribution in [1.82, 2.24) is 29.3 Å². The maximum absolute atomic E-state index is 8.98. The SMILES string of the molecule is N#Cc1cc2n(n1)CCCN(Cc1ccn3ncnc3c1)C2. The number of fused-ring (bicyclic) bond motifs is 2. The summed E-state index contributed by atoms with van der Waals surface area (Å²) in [6.07, 6.45) is 4.53. The number of nitriles is 1. The molecule has 3 aromatic heterocycles. The Bertz CT molecular complexity index is 854. The fraction of sp³-hybridized carbons (Fsp3) is 0.333. The number of pyridine rings is 1. The molecule has 7 heteroatoms. The summed E-state index contributed by atoms with van der Waals surface area (Å²) >= 11 is 0. The fourth-order valence-corrected chi connectivity index (χ4v) is 2.93. The zero-order valence-corrected chi connectivity index (χ0v) is 12.1. The third kappa shape index (κ3) is 2.34. The van der Waals surface area contributed by atoms with E-state index < -0.39 is 0 Å². The van der Waals surface area contributed by atoms with Crippen molar-refractivity contribution in [3.8, 4) is 6.07 Å². The van der Waals surface area contributed by atoms with E-state index in [-0.39, 0.29) is 0 Å². The molecule has 0 aromatic carbocycles. The lowest BCUT2D eigenvalue weighted by atomic mass is 10.2. The van der Waals surface area contributed by atoms with E-state index in [2.05, 4.69) is 38.3 Å². The summed E-state index contributed by atoms with van der Waals surface area (Å²) in [5.41, 5.74) is 3.69. The van der Waals surface area contributed by atoms with Crippen molar-refractivity contribution in [2.45, 2.75) is 26.1 Å². The van der Waals surface area contributed by atoms with E-state index in [1.807, 2.05) is 16.9 Å². The van der Waals surface area contributed by atoms with E-state index in [0.717, 1.165) is 43.9 Å². The van der Waals surface area contributed by atoms with Gasteiger partial charge in [0.1, 0.15) is 12.4 Å². The van der Waals surface area contributed by atoms with Gasteiger partial charge in [0.2, 0.25) is 0 Å². The van der Waals surface area contributed by atoms with Gasteiger partial charge in [-0.1, -0.05) is 0 Å². The van der Waals surface area contributed by atoms with Crippen LogP contribution in [-0.4, -0.2) is 35.8 Å². The van der Waals surface area contributed by atoms with Crippen molar-refractivity contribution in [2.24, 2.45) is 0 Å². The first-order chi connectivity index (χ1) is 10.8. The van der Waals surface area contributed by atoms with Gasteiger partial charge in [-0.25, -0.2) is 9.50 Å². The molecule has 0 saturated heterocycles. The molecule has 0 N–H and O–H groups in total. The highest BCUT2D eigenvalue weighted by Gasteiger charge is 2.17. The Morgan fingerprint density at radius 2 is 2.23 bits per heavy atom. The van der Waals surface area contributed by atoms with Crippen LogP contribution in [0.15, 0.2) is 30.7 Å². The number of hydrogen-bond acceptors (Lipinski definition) is 5. The van der Waals surface area contributed by atoms with Gasteiger partial charge in [0.25, 0.3) is 0 Å². The Balaban J connectivity index is 1.56. The molecule has 3 aromatic rings. The quantitative estimate of drug-likeness (QED) is 0.710. The van der Waals surface area contributed by atoms with Crippen LogP contribution in [0.2, 0.25) is 0 Å². The molecule has 110 valence electrons. The molecule has 0 bridgehead atoms. The fourth-order valence-electron chi connectivity index (χ4n) is 2.93. The lowest BCUT2D eigenvalue weighted by Gasteiger charge is -2.19. The van der Waals surface area contributed by atoms with Gasteiger partial charge in [-0.3, -0.25) is 9.58 Å². The van der Waals surface area contributed by atoms with Crippen LogP contribution in [0, 0.1) is 11.3 Å². The van der Waals surface area contributed by atoms with E-state index in [0.29, 0.717) is 5.69 Å². The van der Waals surface area contributed by atoms with Gasteiger partial charge in [-0.2, -0.15) is 15.5 Å². The van der Waals surface area contributed by atoms with Crippen LogP contribution in [-0.2, 0) is 19.6 Å². The van der Waals surface area contributed by atoms with Gasteiger partial charge < -0.3 is 0 Å². The second-order valence-electron chi connectivity index (χ2n) is 5.52. The molecule has 0 fully saturated rings. The molecular formula is C15H15N7. The minimum Gasteiger partial charge on any atom is -0.293 e. The molecule has 0 amide bonds. The van der Waals surface area contributed by atoms with Gasteiger partial charge in [0.05, 0.1) is 5.69 Å². The van der Waals surface area contributed by atoms with Crippen LogP contribution in [0.5, 0.6) is 0 Å². The smallest absolute Gasteiger partial charge is 0.162 e. The van der Waals surface area contributed by atoms with Gasteiger partial charge in [-0.05, 0) is 30.2 Å². The highest BCUT2D eigenvalue weighted by Crippen LogP contribution is 2.16. The molecule has 0 atom stereocenters. The molecule has 4 rings (SSSR count). The summed E-state index contributed by atoms with van der Waals surface area (Å²) < 4.78 is 3.72. The summed E-state index contributed by atoms with van der Waals surface area (Å²) in [5.74, 6) is 0. The first-order valence-electron chi connectivity index (χ1n) is 7.29. The highest BCUT2D eigenvalue weighted by atomic mass is 15.3. The van der Waals surface area contributed by atoms with Crippen LogP contribution in [0.4, 0.5) is 0 Å². The van der Waals surface area contributed by atoms with E-state index in [1.165, 1.54) is 5.56 Å². The molecular weight excluding hydrogens is 278 g/mol. The Hall–Kier alpha value is -2.72. The minimum absolute atomic E-state index is 0.502. The number of aryl methyl sites for hydroxylation is 1. The van der Waals surface area contributed by atoms with Crippen molar-refractivity contribution in [3.05, 3.63) is 47.7 Å². The highest BCUT2D eigenvalue weighted by molar-refractivity contribution is 5.39. The predicted octanol–water partition coefficient (Wildman–Crippen LogP) is 1.20. The molecule has 0 aliphatic carbocycles. The summed E-state index contributed by atoms with van der Waals surface area (Å²) in [6.45, 7) is 3.56. The molecule has 1 aliphatic heterocycles.